The summed E-state index contributed by atoms with van der Waals surface area (Å²) in [5, 5.41) is 0. The number of fused-ring (bicyclic) bond motifs is 1. The van der Waals surface area contributed by atoms with Gasteiger partial charge in [-0.3, -0.25) is 0 Å². The third-order valence-electron chi connectivity index (χ3n) is 4.75. The molecule has 124 valence electrons. The van der Waals surface area contributed by atoms with Crippen molar-refractivity contribution in [1.82, 2.24) is 0 Å². The number of hydrogen-bond donors (Lipinski definition) is 0. The van der Waals surface area contributed by atoms with Crippen LogP contribution < -0.4 is 9.47 Å². The van der Waals surface area contributed by atoms with Crippen molar-refractivity contribution < 1.29 is 9.47 Å². The van der Waals surface area contributed by atoms with Gasteiger partial charge in [0.1, 0.15) is 11.5 Å². The Morgan fingerprint density at radius 2 is 1.36 bits per heavy atom. The summed E-state index contributed by atoms with van der Waals surface area (Å²) in [4.78, 5) is 0. The van der Waals surface area contributed by atoms with E-state index in [1.807, 2.05) is 18.2 Å². The molecule has 0 aromatic heterocycles. The number of hydrogen-bond acceptors (Lipinski definition) is 2. The molecule has 0 aliphatic heterocycles. The van der Waals surface area contributed by atoms with Crippen molar-refractivity contribution >= 4 is 11.1 Å². The van der Waals surface area contributed by atoms with Crippen LogP contribution in [0.15, 0.2) is 72.8 Å². The summed E-state index contributed by atoms with van der Waals surface area (Å²) in [5.41, 5.74) is 7.72. The fraction of sp³-hybridized carbons (Fsp3) is 0.130. The van der Waals surface area contributed by atoms with E-state index in [0.29, 0.717) is 0 Å². The van der Waals surface area contributed by atoms with Gasteiger partial charge in [0.15, 0.2) is 0 Å². The Hall–Kier alpha value is -3.00. The highest BCUT2D eigenvalue weighted by Crippen LogP contribution is 2.43. The van der Waals surface area contributed by atoms with Crippen molar-refractivity contribution in [2.45, 2.75) is 6.42 Å². The third-order valence-corrected chi connectivity index (χ3v) is 4.75. The Kier molecular flexibility index (Phi) is 4.02. The number of ether oxygens (including phenoxy) is 2. The van der Waals surface area contributed by atoms with Crippen LogP contribution >= 0.6 is 0 Å². The van der Waals surface area contributed by atoms with Gasteiger partial charge in [0.05, 0.1) is 14.2 Å². The highest BCUT2D eigenvalue weighted by Gasteiger charge is 2.24. The highest BCUT2D eigenvalue weighted by atomic mass is 16.5. The fourth-order valence-electron chi connectivity index (χ4n) is 3.50. The van der Waals surface area contributed by atoms with E-state index >= 15 is 0 Å². The van der Waals surface area contributed by atoms with E-state index in [0.717, 1.165) is 17.9 Å². The molecular formula is C23H20O2. The monoisotopic (exact) mass is 328 g/mol. The lowest BCUT2D eigenvalue weighted by molar-refractivity contribution is 0.414. The van der Waals surface area contributed by atoms with Crippen LogP contribution in [0, 0.1) is 0 Å². The van der Waals surface area contributed by atoms with Crippen LogP contribution in [-0.4, -0.2) is 14.2 Å². The minimum atomic E-state index is 0.874. The summed E-state index contributed by atoms with van der Waals surface area (Å²) in [6.45, 7) is 0. The maximum absolute atomic E-state index is 5.42. The maximum Gasteiger partial charge on any atom is 0.119 e. The molecule has 2 nitrogen and oxygen atoms in total. The lowest BCUT2D eigenvalue weighted by atomic mass is 9.94. The summed E-state index contributed by atoms with van der Waals surface area (Å²) < 4.78 is 10.7. The number of allylic oxidation sites excluding steroid dienone is 1. The molecule has 0 heterocycles. The normalized spacial score (nSPS) is 12.9. The second-order valence-corrected chi connectivity index (χ2v) is 6.15. The van der Waals surface area contributed by atoms with Crippen molar-refractivity contribution in [2.24, 2.45) is 0 Å². The Morgan fingerprint density at radius 1 is 0.680 bits per heavy atom. The molecule has 0 bridgehead atoms. The van der Waals surface area contributed by atoms with Gasteiger partial charge in [0.25, 0.3) is 0 Å². The van der Waals surface area contributed by atoms with Gasteiger partial charge in [0, 0.05) is 0 Å². The zero-order chi connectivity index (χ0) is 17.2. The maximum atomic E-state index is 5.42. The molecule has 0 radical (unpaired) electrons. The number of rotatable bonds is 4. The highest BCUT2D eigenvalue weighted by molar-refractivity contribution is 6.03. The largest absolute Gasteiger partial charge is 0.497 e. The Labute approximate surface area is 148 Å². The molecule has 0 N–H and O–H groups in total. The average Bonchev–Trinajstić information content (AvgIpc) is 3.07. The lowest BCUT2D eigenvalue weighted by Gasteiger charge is -2.11. The topological polar surface area (TPSA) is 18.5 Å². The molecule has 0 unspecified atom stereocenters. The molecule has 0 saturated heterocycles. The minimum absolute atomic E-state index is 0.874. The molecule has 1 aliphatic carbocycles. The van der Waals surface area contributed by atoms with E-state index < -0.39 is 0 Å². The van der Waals surface area contributed by atoms with Gasteiger partial charge >= 0.3 is 0 Å². The van der Waals surface area contributed by atoms with E-state index in [9.17, 15) is 0 Å². The summed E-state index contributed by atoms with van der Waals surface area (Å²) in [6, 6.07) is 25.3. The first-order chi connectivity index (χ1) is 12.3. The number of methoxy groups -OCH3 is 2. The molecule has 2 heteroatoms. The zero-order valence-electron chi connectivity index (χ0n) is 14.5. The quantitative estimate of drug-likeness (QED) is 0.654. The summed E-state index contributed by atoms with van der Waals surface area (Å²) >= 11 is 0. The molecule has 3 aromatic carbocycles. The van der Waals surface area contributed by atoms with E-state index in [1.54, 1.807) is 14.2 Å². The van der Waals surface area contributed by atoms with Crippen molar-refractivity contribution in [3.05, 3.63) is 95.1 Å². The van der Waals surface area contributed by atoms with Crippen molar-refractivity contribution in [2.75, 3.05) is 14.2 Å². The van der Waals surface area contributed by atoms with Crippen LogP contribution in [-0.2, 0) is 6.42 Å². The molecule has 1 aliphatic rings. The van der Waals surface area contributed by atoms with Gasteiger partial charge in [-0.05, 0) is 64.1 Å². The van der Waals surface area contributed by atoms with Crippen LogP contribution in [0.2, 0.25) is 0 Å². The van der Waals surface area contributed by atoms with Crippen LogP contribution in [0.5, 0.6) is 11.5 Å². The summed E-state index contributed by atoms with van der Waals surface area (Å²) in [5.74, 6) is 1.78. The first kappa shape index (κ1) is 15.5. The summed E-state index contributed by atoms with van der Waals surface area (Å²) in [6.07, 6.45) is 0.915. The average molecular weight is 328 g/mol. The molecule has 25 heavy (non-hydrogen) atoms. The van der Waals surface area contributed by atoms with E-state index in [2.05, 4.69) is 54.6 Å². The minimum Gasteiger partial charge on any atom is -0.497 e. The molecule has 0 amide bonds. The van der Waals surface area contributed by atoms with Crippen LogP contribution in [0.3, 0.4) is 0 Å². The molecule has 0 fully saturated rings. The Morgan fingerprint density at radius 3 is 2.04 bits per heavy atom. The first-order valence-electron chi connectivity index (χ1n) is 8.40. The second-order valence-electron chi connectivity index (χ2n) is 6.15. The molecular weight excluding hydrogens is 308 g/mol. The third kappa shape index (κ3) is 2.80. The predicted octanol–water partition coefficient (Wildman–Crippen LogP) is 5.22. The van der Waals surface area contributed by atoms with E-state index in [1.165, 1.54) is 33.4 Å². The second kappa shape index (κ2) is 6.48. The standard InChI is InChI=1S/C23H20O2/c1-24-19-10-8-17(9-11-19)23-21-13-12-20(25-2)14-18(21)15-22(23)16-6-4-3-5-7-16/h3-14H,15H2,1-2H3. The van der Waals surface area contributed by atoms with E-state index in [4.69, 9.17) is 9.47 Å². The predicted molar refractivity (Wildman–Crippen MR) is 102 cm³/mol. The summed E-state index contributed by atoms with van der Waals surface area (Å²) in [7, 11) is 3.41. The fourth-order valence-corrected chi connectivity index (χ4v) is 3.50. The lowest BCUT2D eigenvalue weighted by Crippen LogP contribution is -1.90. The molecule has 0 atom stereocenters. The van der Waals surface area contributed by atoms with Crippen LogP contribution in [0.25, 0.3) is 11.1 Å². The van der Waals surface area contributed by atoms with Gasteiger partial charge in [-0.1, -0.05) is 48.5 Å². The molecule has 3 aromatic rings. The van der Waals surface area contributed by atoms with Crippen molar-refractivity contribution in [3.63, 3.8) is 0 Å². The molecule has 4 rings (SSSR count). The molecule has 0 spiro atoms. The zero-order valence-corrected chi connectivity index (χ0v) is 14.5. The van der Waals surface area contributed by atoms with Gasteiger partial charge < -0.3 is 9.47 Å². The Balaban J connectivity index is 1.89. The van der Waals surface area contributed by atoms with Crippen LogP contribution in [0.4, 0.5) is 0 Å². The first-order valence-corrected chi connectivity index (χ1v) is 8.40. The van der Waals surface area contributed by atoms with Gasteiger partial charge in [-0.2, -0.15) is 0 Å². The van der Waals surface area contributed by atoms with Gasteiger partial charge in [-0.25, -0.2) is 0 Å². The van der Waals surface area contributed by atoms with Crippen molar-refractivity contribution in [3.8, 4) is 11.5 Å². The Bertz CT molecular complexity index is 922. The van der Waals surface area contributed by atoms with Crippen molar-refractivity contribution in [1.29, 1.82) is 0 Å². The number of benzene rings is 3. The van der Waals surface area contributed by atoms with Crippen LogP contribution in [0.1, 0.15) is 22.3 Å². The SMILES string of the molecule is COc1ccc(C2=C(c3ccccc3)Cc3cc(OC)ccc32)cc1. The smallest absolute Gasteiger partial charge is 0.119 e. The van der Waals surface area contributed by atoms with Gasteiger partial charge in [0.2, 0.25) is 0 Å². The van der Waals surface area contributed by atoms with Gasteiger partial charge in [-0.15, -0.1) is 0 Å². The molecule has 0 saturated carbocycles. The van der Waals surface area contributed by atoms with E-state index in [-0.39, 0.29) is 0 Å².